The largest absolute Gasteiger partial charge is 0.381 e. The van der Waals surface area contributed by atoms with Crippen LogP contribution < -0.4 is 5.32 Å². The SMILES string of the molecule is CN1CCCC(Nc2ccc(CN3CCCC3)cc2)C1. The first-order chi connectivity index (χ1) is 9.79. The van der Waals surface area contributed by atoms with Crippen molar-refractivity contribution in [1.82, 2.24) is 9.80 Å². The molecule has 110 valence electrons. The van der Waals surface area contributed by atoms with Gasteiger partial charge in [-0.25, -0.2) is 0 Å². The van der Waals surface area contributed by atoms with Crippen molar-refractivity contribution in [3.05, 3.63) is 29.8 Å². The molecule has 0 radical (unpaired) electrons. The number of piperidine rings is 1. The highest BCUT2D eigenvalue weighted by Crippen LogP contribution is 2.18. The Hall–Kier alpha value is -1.06. The van der Waals surface area contributed by atoms with E-state index in [2.05, 4.69) is 46.4 Å². The van der Waals surface area contributed by atoms with Gasteiger partial charge in [-0.2, -0.15) is 0 Å². The number of benzene rings is 1. The van der Waals surface area contributed by atoms with Gasteiger partial charge in [0, 0.05) is 24.8 Å². The van der Waals surface area contributed by atoms with Crippen molar-refractivity contribution >= 4 is 5.69 Å². The molecule has 3 rings (SSSR count). The third-order valence-electron chi connectivity index (χ3n) is 4.55. The molecule has 1 aromatic carbocycles. The van der Waals surface area contributed by atoms with Crippen LogP contribution in [0.3, 0.4) is 0 Å². The van der Waals surface area contributed by atoms with E-state index in [0.717, 1.165) is 13.1 Å². The highest BCUT2D eigenvalue weighted by molar-refractivity contribution is 5.45. The van der Waals surface area contributed by atoms with E-state index in [0.29, 0.717) is 6.04 Å². The number of likely N-dealkylation sites (N-methyl/N-ethyl adjacent to an activating group) is 1. The zero-order valence-electron chi connectivity index (χ0n) is 12.6. The summed E-state index contributed by atoms with van der Waals surface area (Å²) in [4.78, 5) is 4.97. The van der Waals surface area contributed by atoms with E-state index >= 15 is 0 Å². The van der Waals surface area contributed by atoms with Crippen LogP contribution in [0.4, 0.5) is 5.69 Å². The molecule has 0 spiro atoms. The highest BCUT2D eigenvalue weighted by atomic mass is 15.1. The predicted octanol–water partition coefficient (Wildman–Crippen LogP) is 2.79. The van der Waals surface area contributed by atoms with Crippen LogP contribution in [0.5, 0.6) is 0 Å². The standard InChI is InChI=1S/C17H27N3/c1-19-10-4-5-17(14-19)18-16-8-6-15(7-9-16)13-20-11-2-3-12-20/h6-9,17-18H,2-5,10-14H2,1H3. The highest BCUT2D eigenvalue weighted by Gasteiger charge is 2.16. The molecule has 2 heterocycles. The van der Waals surface area contributed by atoms with E-state index in [1.807, 2.05) is 0 Å². The van der Waals surface area contributed by atoms with Gasteiger partial charge in [0.1, 0.15) is 0 Å². The first kappa shape index (κ1) is 13.9. The van der Waals surface area contributed by atoms with Gasteiger partial charge in [-0.15, -0.1) is 0 Å². The average Bonchev–Trinajstić information content (AvgIpc) is 2.94. The minimum Gasteiger partial charge on any atom is -0.381 e. The van der Waals surface area contributed by atoms with Crippen molar-refractivity contribution in [2.45, 2.75) is 38.3 Å². The van der Waals surface area contributed by atoms with E-state index in [4.69, 9.17) is 0 Å². The van der Waals surface area contributed by atoms with Crippen LogP contribution in [0.25, 0.3) is 0 Å². The first-order valence-corrected chi connectivity index (χ1v) is 8.06. The second-order valence-electron chi connectivity index (χ2n) is 6.43. The molecule has 0 aliphatic carbocycles. The Labute approximate surface area is 123 Å². The summed E-state index contributed by atoms with van der Waals surface area (Å²) in [7, 11) is 2.22. The normalized spacial score (nSPS) is 24.9. The maximum Gasteiger partial charge on any atom is 0.0388 e. The molecule has 2 saturated heterocycles. The van der Waals surface area contributed by atoms with Gasteiger partial charge in [0.15, 0.2) is 0 Å². The van der Waals surface area contributed by atoms with Crippen LogP contribution in [0, 0.1) is 0 Å². The Balaban J connectivity index is 1.52. The molecule has 2 fully saturated rings. The Morgan fingerprint density at radius 1 is 1.05 bits per heavy atom. The number of anilines is 1. The zero-order chi connectivity index (χ0) is 13.8. The lowest BCUT2D eigenvalue weighted by Crippen LogP contribution is -2.39. The molecule has 3 heteroatoms. The summed E-state index contributed by atoms with van der Waals surface area (Å²) < 4.78 is 0. The summed E-state index contributed by atoms with van der Waals surface area (Å²) in [6.45, 7) is 6.07. The maximum absolute atomic E-state index is 3.68. The van der Waals surface area contributed by atoms with Gasteiger partial charge in [-0.1, -0.05) is 12.1 Å². The van der Waals surface area contributed by atoms with E-state index in [1.165, 1.54) is 56.6 Å². The molecular weight excluding hydrogens is 246 g/mol. The monoisotopic (exact) mass is 273 g/mol. The lowest BCUT2D eigenvalue weighted by atomic mass is 10.1. The Kier molecular flexibility index (Phi) is 4.58. The number of rotatable bonds is 4. The molecule has 0 amide bonds. The zero-order valence-corrected chi connectivity index (χ0v) is 12.6. The third-order valence-corrected chi connectivity index (χ3v) is 4.55. The van der Waals surface area contributed by atoms with E-state index in [1.54, 1.807) is 0 Å². The van der Waals surface area contributed by atoms with Gasteiger partial charge in [0.25, 0.3) is 0 Å². The minimum atomic E-state index is 0.609. The third kappa shape index (κ3) is 3.74. The van der Waals surface area contributed by atoms with Crippen molar-refractivity contribution in [3.8, 4) is 0 Å². The fraction of sp³-hybridized carbons (Fsp3) is 0.647. The summed E-state index contributed by atoms with van der Waals surface area (Å²) in [5.41, 5.74) is 2.72. The number of likely N-dealkylation sites (tertiary alicyclic amines) is 2. The lowest BCUT2D eigenvalue weighted by Gasteiger charge is -2.31. The van der Waals surface area contributed by atoms with E-state index in [9.17, 15) is 0 Å². The summed E-state index contributed by atoms with van der Waals surface area (Å²) in [6, 6.07) is 9.68. The lowest BCUT2D eigenvalue weighted by molar-refractivity contribution is 0.261. The maximum atomic E-state index is 3.68. The van der Waals surface area contributed by atoms with Gasteiger partial charge < -0.3 is 10.2 Å². The molecule has 3 nitrogen and oxygen atoms in total. The number of nitrogens with one attached hydrogen (secondary N) is 1. The first-order valence-electron chi connectivity index (χ1n) is 8.06. The molecule has 0 saturated carbocycles. The summed E-state index contributed by atoms with van der Waals surface area (Å²) in [6.07, 6.45) is 5.34. The predicted molar refractivity (Wildman–Crippen MR) is 85.1 cm³/mol. The molecule has 0 bridgehead atoms. The quantitative estimate of drug-likeness (QED) is 0.910. The van der Waals surface area contributed by atoms with Gasteiger partial charge in [0.05, 0.1) is 0 Å². The molecule has 1 aromatic rings. The molecule has 1 N–H and O–H groups in total. The van der Waals surface area contributed by atoms with Crippen LogP contribution in [-0.4, -0.2) is 49.1 Å². The molecule has 0 aromatic heterocycles. The topological polar surface area (TPSA) is 18.5 Å². The van der Waals surface area contributed by atoms with Crippen molar-refractivity contribution in [2.75, 3.05) is 38.5 Å². The molecule has 20 heavy (non-hydrogen) atoms. The average molecular weight is 273 g/mol. The summed E-state index contributed by atoms with van der Waals surface area (Å²) in [5.74, 6) is 0. The summed E-state index contributed by atoms with van der Waals surface area (Å²) in [5, 5.41) is 3.68. The van der Waals surface area contributed by atoms with E-state index in [-0.39, 0.29) is 0 Å². The number of hydrogen-bond acceptors (Lipinski definition) is 3. The van der Waals surface area contributed by atoms with Crippen molar-refractivity contribution in [2.24, 2.45) is 0 Å². The van der Waals surface area contributed by atoms with Crippen molar-refractivity contribution in [1.29, 1.82) is 0 Å². The van der Waals surface area contributed by atoms with Crippen LogP contribution >= 0.6 is 0 Å². The van der Waals surface area contributed by atoms with Gasteiger partial charge in [-0.05, 0) is 70.1 Å². The fourth-order valence-electron chi connectivity index (χ4n) is 3.43. The van der Waals surface area contributed by atoms with Gasteiger partial charge >= 0.3 is 0 Å². The fourth-order valence-corrected chi connectivity index (χ4v) is 3.43. The molecule has 1 atom stereocenters. The second-order valence-corrected chi connectivity index (χ2v) is 6.43. The molecular formula is C17H27N3. The minimum absolute atomic E-state index is 0.609. The van der Waals surface area contributed by atoms with Crippen LogP contribution in [-0.2, 0) is 6.54 Å². The van der Waals surface area contributed by atoms with Crippen LogP contribution in [0.2, 0.25) is 0 Å². The Morgan fingerprint density at radius 3 is 2.50 bits per heavy atom. The van der Waals surface area contributed by atoms with Crippen LogP contribution in [0.15, 0.2) is 24.3 Å². The molecule has 2 aliphatic heterocycles. The van der Waals surface area contributed by atoms with Crippen molar-refractivity contribution < 1.29 is 0 Å². The summed E-state index contributed by atoms with van der Waals surface area (Å²) >= 11 is 0. The Bertz CT molecular complexity index is 409. The van der Waals surface area contributed by atoms with Crippen molar-refractivity contribution in [3.63, 3.8) is 0 Å². The Morgan fingerprint density at radius 2 is 1.80 bits per heavy atom. The van der Waals surface area contributed by atoms with Crippen LogP contribution in [0.1, 0.15) is 31.2 Å². The van der Waals surface area contributed by atoms with Gasteiger partial charge in [-0.3, -0.25) is 4.90 Å². The molecule has 2 aliphatic rings. The number of hydrogen-bond donors (Lipinski definition) is 1. The van der Waals surface area contributed by atoms with Gasteiger partial charge in [0.2, 0.25) is 0 Å². The second kappa shape index (κ2) is 6.59. The van der Waals surface area contributed by atoms with E-state index < -0.39 is 0 Å². The molecule has 1 unspecified atom stereocenters. The number of nitrogens with zero attached hydrogens (tertiary/aromatic N) is 2. The smallest absolute Gasteiger partial charge is 0.0388 e.